The number of H-pyrrole nitrogens is 1. The molecule has 1 N–H and O–H groups in total. The van der Waals surface area contributed by atoms with E-state index in [4.69, 9.17) is 4.42 Å². The Kier molecular flexibility index (Phi) is 2.78. The topological polar surface area (TPSA) is 80.9 Å². The van der Waals surface area contributed by atoms with E-state index in [-0.39, 0.29) is 11.0 Å². The number of rotatable bonds is 1. The van der Waals surface area contributed by atoms with E-state index in [1.54, 1.807) is 19.1 Å². The molecule has 3 aromatic rings. The summed E-state index contributed by atoms with van der Waals surface area (Å²) in [7, 11) is 0. The maximum absolute atomic E-state index is 12.9. The highest BCUT2D eigenvalue weighted by atomic mass is 32.1. The van der Waals surface area contributed by atoms with Crippen molar-refractivity contribution in [2.24, 2.45) is 0 Å². The molecular formula is C18H11N3O3S. The fourth-order valence-electron chi connectivity index (χ4n) is 3.09. The summed E-state index contributed by atoms with van der Waals surface area (Å²) in [4.78, 5) is 29.7. The zero-order chi connectivity index (χ0) is 17.1. The van der Waals surface area contributed by atoms with Crippen molar-refractivity contribution in [1.82, 2.24) is 14.8 Å². The van der Waals surface area contributed by atoms with Crippen LogP contribution in [0.15, 0.2) is 56.5 Å². The van der Waals surface area contributed by atoms with Gasteiger partial charge in [0.05, 0.1) is 21.3 Å². The number of fused-ring (bicyclic) bond motifs is 4. The quantitative estimate of drug-likeness (QED) is 0.503. The second kappa shape index (κ2) is 4.90. The van der Waals surface area contributed by atoms with E-state index in [9.17, 15) is 9.59 Å². The van der Waals surface area contributed by atoms with Gasteiger partial charge in [0.1, 0.15) is 16.9 Å². The van der Waals surface area contributed by atoms with E-state index in [1.165, 1.54) is 22.1 Å². The van der Waals surface area contributed by atoms with Crippen molar-refractivity contribution in [3.05, 3.63) is 68.8 Å². The predicted molar refractivity (Wildman–Crippen MR) is 97.0 cm³/mol. The molecule has 2 aliphatic rings. The Morgan fingerprint density at radius 2 is 1.96 bits per heavy atom. The molecule has 0 amide bonds. The number of nitrogens with zero attached hydrogens (tertiary/aromatic N) is 2. The molecule has 6 nitrogen and oxygen atoms in total. The maximum atomic E-state index is 12.9. The second-order valence-electron chi connectivity index (χ2n) is 5.75. The lowest BCUT2D eigenvalue weighted by molar-refractivity contribution is 0.538. The molecule has 1 aliphatic heterocycles. The molecule has 0 saturated heterocycles. The first-order valence-corrected chi connectivity index (χ1v) is 8.48. The second-order valence-corrected chi connectivity index (χ2v) is 6.76. The highest BCUT2D eigenvalue weighted by Gasteiger charge is 2.22. The van der Waals surface area contributed by atoms with Crippen LogP contribution in [0.1, 0.15) is 5.76 Å². The van der Waals surface area contributed by atoms with Crippen LogP contribution >= 0.6 is 11.3 Å². The lowest BCUT2D eigenvalue weighted by atomic mass is 10.1. The Balaban J connectivity index is 1.91. The van der Waals surface area contributed by atoms with Gasteiger partial charge < -0.3 is 4.42 Å². The van der Waals surface area contributed by atoms with Crippen molar-refractivity contribution in [2.75, 3.05) is 0 Å². The van der Waals surface area contributed by atoms with Crippen molar-refractivity contribution in [3.63, 3.8) is 0 Å². The van der Waals surface area contributed by atoms with Gasteiger partial charge in [0.2, 0.25) is 5.13 Å². The highest BCUT2D eigenvalue weighted by molar-refractivity contribution is 7.20. The number of benzene rings is 2. The van der Waals surface area contributed by atoms with Gasteiger partial charge >= 0.3 is 0 Å². The van der Waals surface area contributed by atoms with Crippen LogP contribution in [0, 0.1) is 6.92 Å². The van der Waals surface area contributed by atoms with Crippen LogP contribution in [0.25, 0.3) is 37.6 Å². The van der Waals surface area contributed by atoms with Crippen LogP contribution < -0.4 is 11.0 Å². The van der Waals surface area contributed by atoms with E-state index >= 15 is 0 Å². The molecule has 0 radical (unpaired) electrons. The van der Waals surface area contributed by atoms with E-state index in [0.29, 0.717) is 33.1 Å². The number of hydrogen-bond donors (Lipinski definition) is 1. The molecule has 1 aromatic carbocycles. The molecule has 0 saturated carbocycles. The number of aromatic nitrogens is 3. The van der Waals surface area contributed by atoms with Crippen LogP contribution in [0.4, 0.5) is 0 Å². The summed E-state index contributed by atoms with van der Waals surface area (Å²) in [5.41, 5.74) is 1.21. The van der Waals surface area contributed by atoms with Crippen LogP contribution in [-0.2, 0) is 0 Å². The first-order valence-electron chi connectivity index (χ1n) is 7.66. The molecule has 25 heavy (non-hydrogen) atoms. The van der Waals surface area contributed by atoms with Crippen LogP contribution in [-0.4, -0.2) is 14.8 Å². The van der Waals surface area contributed by atoms with Crippen molar-refractivity contribution in [3.8, 4) is 16.5 Å². The fraction of sp³-hybridized carbons (Fsp3) is 0.0556. The number of nitrogens with one attached hydrogen (secondary N) is 1. The van der Waals surface area contributed by atoms with Gasteiger partial charge in [-0.1, -0.05) is 29.5 Å². The number of hydrogen-bond acceptors (Lipinski definition) is 5. The van der Waals surface area contributed by atoms with E-state index in [1.807, 2.05) is 24.3 Å². The lowest BCUT2D eigenvalue weighted by Crippen LogP contribution is -2.14. The SMILES string of the molecule is Cc1oc2cccc(=O)c-2c2[nH]n(-c3nc4ccccc4s3)c(=O)c12. The van der Waals surface area contributed by atoms with Gasteiger partial charge in [0.25, 0.3) is 5.56 Å². The normalized spacial score (nSPS) is 11.7. The standard InChI is InChI=1S/C18H11N3O3S/c1-9-14-16(15-11(22)6-4-7-12(15)24-9)20-21(17(14)23)18-19-10-5-2-3-8-13(10)25-18/h2-8,20H,1H3. The molecule has 3 heterocycles. The Morgan fingerprint density at radius 1 is 1.12 bits per heavy atom. The third-order valence-electron chi connectivity index (χ3n) is 4.22. The number of aromatic amines is 1. The predicted octanol–water partition coefficient (Wildman–Crippen LogP) is 3.29. The minimum atomic E-state index is -0.277. The Bertz CT molecular complexity index is 1320. The fourth-order valence-corrected chi connectivity index (χ4v) is 4.02. The Hall–Kier alpha value is -3.19. The maximum Gasteiger partial charge on any atom is 0.284 e. The summed E-state index contributed by atoms with van der Waals surface area (Å²) in [6, 6.07) is 12.5. The molecular weight excluding hydrogens is 338 g/mol. The van der Waals surface area contributed by atoms with Crippen LogP contribution in [0.3, 0.4) is 0 Å². The van der Waals surface area contributed by atoms with E-state index in [2.05, 4.69) is 10.1 Å². The summed E-state index contributed by atoms with van der Waals surface area (Å²) < 4.78 is 8.06. The Labute approximate surface area is 144 Å². The minimum absolute atomic E-state index is 0.191. The van der Waals surface area contributed by atoms with Crippen LogP contribution in [0.5, 0.6) is 0 Å². The minimum Gasteiger partial charge on any atom is -0.460 e. The van der Waals surface area contributed by atoms with Crippen molar-refractivity contribution in [2.45, 2.75) is 6.92 Å². The molecule has 5 rings (SSSR count). The van der Waals surface area contributed by atoms with Gasteiger partial charge in [0.15, 0.2) is 5.43 Å². The molecule has 2 aromatic heterocycles. The Morgan fingerprint density at radius 3 is 2.80 bits per heavy atom. The van der Waals surface area contributed by atoms with E-state index < -0.39 is 0 Å². The molecule has 122 valence electrons. The summed E-state index contributed by atoms with van der Waals surface area (Å²) in [6.45, 7) is 1.72. The average molecular weight is 349 g/mol. The van der Waals surface area contributed by atoms with Gasteiger partial charge in [-0.25, -0.2) is 4.98 Å². The van der Waals surface area contributed by atoms with Gasteiger partial charge in [0, 0.05) is 0 Å². The summed E-state index contributed by atoms with van der Waals surface area (Å²) in [5.74, 6) is 0.921. The third kappa shape index (κ3) is 1.93. The molecule has 0 atom stereocenters. The summed E-state index contributed by atoms with van der Waals surface area (Å²) in [5, 5.41) is 3.95. The molecule has 1 aliphatic carbocycles. The van der Waals surface area contributed by atoms with Crippen LogP contribution in [0.2, 0.25) is 0 Å². The zero-order valence-electron chi connectivity index (χ0n) is 13.1. The zero-order valence-corrected chi connectivity index (χ0v) is 13.9. The van der Waals surface area contributed by atoms with E-state index in [0.717, 1.165) is 10.2 Å². The van der Waals surface area contributed by atoms with Crippen molar-refractivity contribution < 1.29 is 4.42 Å². The number of thiazole rings is 1. The molecule has 7 heteroatoms. The highest BCUT2D eigenvalue weighted by Crippen LogP contribution is 2.29. The van der Waals surface area contributed by atoms with Gasteiger partial charge in [-0.15, -0.1) is 0 Å². The van der Waals surface area contributed by atoms with Gasteiger partial charge in [-0.05, 0) is 31.2 Å². The summed E-state index contributed by atoms with van der Waals surface area (Å²) in [6.07, 6.45) is 0. The van der Waals surface area contributed by atoms with Gasteiger partial charge in [-0.2, -0.15) is 4.68 Å². The molecule has 0 spiro atoms. The summed E-state index contributed by atoms with van der Waals surface area (Å²) >= 11 is 1.41. The third-order valence-corrected chi connectivity index (χ3v) is 5.24. The lowest BCUT2D eigenvalue weighted by Gasteiger charge is -2.05. The van der Waals surface area contributed by atoms with Crippen molar-refractivity contribution >= 4 is 32.5 Å². The molecule has 0 unspecified atom stereocenters. The smallest absolute Gasteiger partial charge is 0.284 e. The molecule has 0 bridgehead atoms. The van der Waals surface area contributed by atoms with Crippen molar-refractivity contribution in [1.29, 1.82) is 0 Å². The largest absolute Gasteiger partial charge is 0.460 e. The average Bonchev–Trinajstić information content (AvgIpc) is 3.16. The van der Waals surface area contributed by atoms with Gasteiger partial charge in [-0.3, -0.25) is 14.7 Å². The molecule has 0 fully saturated rings. The first kappa shape index (κ1) is 14.2. The first-order chi connectivity index (χ1) is 12.1. The number of para-hydroxylation sites is 1. The monoisotopic (exact) mass is 349 g/mol. The number of aryl methyl sites for hydroxylation is 1.